The van der Waals surface area contributed by atoms with E-state index >= 15 is 0 Å². The minimum atomic E-state index is -1.26. The van der Waals surface area contributed by atoms with Gasteiger partial charge in [-0.1, -0.05) is 0 Å². The maximum atomic E-state index is 11.9. The number of carboxylic acid groups (broad SMARTS) is 1. The van der Waals surface area contributed by atoms with Crippen LogP contribution in [0.2, 0.25) is 0 Å². The summed E-state index contributed by atoms with van der Waals surface area (Å²) in [5, 5.41) is 11.5. The Hall–Kier alpha value is -1.99. The van der Waals surface area contributed by atoms with E-state index in [1.165, 1.54) is 7.05 Å². The summed E-state index contributed by atoms with van der Waals surface area (Å²) in [4.78, 5) is 35.6. The van der Waals surface area contributed by atoms with Crippen LogP contribution >= 0.6 is 0 Å². The van der Waals surface area contributed by atoms with Crippen LogP contribution in [0.1, 0.15) is 41.5 Å². The summed E-state index contributed by atoms with van der Waals surface area (Å²) in [5.74, 6) is -1.26. The number of hydrogen-bond acceptors (Lipinski definition) is 5. The van der Waals surface area contributed by atoms with Crippen LogP contribution in [0.15, 0.2) is 0 Å². The van der Waals surface area contributed by atoms with Crippen LogP contribution in [0.3, 0.4) is 0 Å². The Kier molecular flexibility index (Phi) is 6.66. The largest absolute Gasteiger partial charge is 0.480 e. The van der Waals surface area contributed by atoms with Gasteiger partial charge in [-0.25, -0.2) is 14.4 Å². The van der Waals surface area contributed by atoms with Gasteiger partial charge in [-0.15, -0.1) is 0 Å². The Morgan fingerprint density at radius 3 is 1.86 bits per heavy atom. The molecule has 0 heterocycles. The Bertz CT molecular complexity index is 422. The highest BCUT2D eigenvalue weighted by molar-refractivity contribution is 5.81. The molecule has 0 aliphatic carbocycles. The van der Waals surface area contributed by atoms with Crippen LogP contribution in [0, 0.1) is 0 Å². The van der Waals surface area contributed by atoms with Gasteiger partial charge >= 0.3 is 18.2 Å². The molecule has 0 rings (SSSR count). The van der Waals surface area contributed by atoms with E-state index in [2.05, 4.69) is 5.32 Å². The van der Waals surface area contributed by atoms with Crippen LogP contribution in [-0.4, -0.2) is 59.0 Å². The normalized spacial score (nSPS) is 13.0. The third-order valence-corrected chi connectivity index (χ3v) is 2.27. The first-order valence-corrected chi connectivity index (χ1v) is 6.88. The highest BCUT2D eigenvalue weighted by Gasteiger charge is 2.31. The van der Waals surface area contributed by atoms with Crippen molar-refractivity contribution >= 4 is 18.2 Å². The van der Waals surface area contributed by atoms with Gasteiger partial charge in [0, 0.05) is 7.05 Å². The third-order valence-electron chi connectivity index (χ3n) is 2.27. The van der Waals surface area contributed by atoms with Gasteiger partial charge in [-0.05, 0) is 41.5 Å². The molecule has 0 radical (unpaired) electrons. The fourth-order valence-electron chi connectivity index (χ4n) is 1.35. The monoisotopic (exact) mass is 318 g/mol. The Morgan fingerprint density at radius 1 is 1.05 bits per heavy atom. The molecule has 2 N–H and O–H groups in total. The first-order valence-electron chi connectivity index (χ1n) is 6.88. The van der Waals surface area contributed by atoms with Gasteiger partial charge in [-0.2, -0.15) is 0 Å². The van der Waals surface area contributed by atoms with Crippen LogP contribution in [0.5, 0.6) is 0 Å². The van der Waals surface area contributed by atoms with Crippen LogP contribution in [-0.2, 0) is 14.3 Å². The van der Waals surface area contributed by atoms with Crippen molar-refractivity contribution in [3.63, 3.8) is 0 Å². The highest BCUT2D eigenvalue weighted by atomic mass is 16.6. The Labute approximate surface area is 130 Å². The number of ether oxygens (including phenoxy) is 2. The Balaban J connectivity index is 4.71. The van der Waals surface area contributed by atoms with E-state index in [-0.39, 0.29) is 6.54 Å². The molecular formula is C14H26N2O6. The lowest BCUT2D eigenvalue weighted by Crippen LogP contribution is -2.51. The van der Waals surface area contributed by atoms with Crippen molar-refractivity contribution in [3.8, 4) is 0 Å². The zero-order valence-corrected chi connectivity index (χ0v) is 14.2. The van der Waals surface area contributed by atoms with Crippen molar-refractivity contribution < 1.29 is 29.0 Å². The van der Waals surface area contributed by atoms with Crippen molar-refractivity contribution in [2.75, 3.05) is 13.6 Å². The van der Waals surface area contributed by atoms with Crippen LogP contribution in [0.25, 0.3) is 0 Å². The number of nitrogens with zero attached hydrogens (tertiary/aromatic N) is 1. The number of carbonyl (C=O) groups is 3. The van der Waals surface area contributed by atoms with E-state index in [1.54, 1.807) is 41.5 Å². The maximum absolute atomic E-state index is 11.9. The fraction of sp³-hybridized carbons (Fsp3) is 0.786. The number of amides is 2. The van der Waals surface area contributed by atoms with E-state index in [9.17, 15) is 19.5 Å². The van der Waals surface area contributed by atoms with Gasteiger partial charge in [-0.3, -0.25) is 4.90 Å². The number of likely N-dealkylation sites (N-methyl/N-ethyl adjacent to an activating group) is 1. The second-order valence-corrected chi connectivity index (χ2v) is 6.83. The molecule has 128 valence electrons. The summed E-state index contributed by atoms with van der Waals surface area (Å²) in [6, 6.07) is -1.26. The van der Waals surface area contributed by atoms with E-state index in [0.717, 1.165) is 4.90 Å². The van der Waals surface area contributed by atoms with Crippen molar-refractivity contribution in [2.45, 2.75) is 58.8 Å². The SMILES string of the molecule is CN(C(=O)OC(C)(C)C)[C@H](CNC(=O)OC(C)(C)C)C(=O)O. The predicted molar refractivity (Wildman–Crippen MR) is 79.7 cm³/mol. The molecule has 0 aliphatic rings. The highest BCUT2D eigenvalue weighted by Crippen LogP contribution is 2.11. The van der Waals surface area contributed by atoms with Crippen LogP contribution < -0.4 is 5.32 Å². The van der Waals surface area contributed by atoms with E-state index in [1.807, 2.05) is 0 Å². The minimum absolute atomic E-state index is 0.292. The number of hydrogen-bond donors (Lipinski definition) is 2. The van der Waals surface area contributed by atoms with Gasteiger partial charge in [0.25, 0.3) is 0 Å². The van der Waals surface area contributed by atoms with Crippen molar-refractivity contribution in [2.24, 2.45) is 0 Å². The lowest BCUT2D eigenvalue weighted by atomic mass is 10.2. The first kappa shape index (κ1) is 20.0. The van der Waals surface area contributed by atoms with Crippen molar-refractivity contribution in [1.29, 1.82) is 0 Å². The smallest absolute Gasteiger partial charge is 0.410 e. The van der Waals surface area contributed by atoms with E-state index < -0.39 is 35.4 Å². The van der Waals surface area contributed by atoms with Crippen LogP contribution in [0.4, 0.5) is 9.59 Å². The second kappa shape index (κ2) is 7.33. The molecular weight excluding hydrogens is 292 g/mol. The summed E-state index contributed by atoms with van der Waals surface area (Å²) in [6.07, 6.45) is -1.54. The average Bonchev–Trinajstić information content (AvgIpc) is 2.23. The molecule has 0 aromatic rings. The molecule has 0 fully saturated rings. The number of rotatable bonds is 4. The van der Waals surface area contributed by atoms with Crippen molar-refractivity contribution in [1.82, 2.24) is 10.2 Å². The molecule has 0 saturated heterocycles. The first-order chi connectivity index (χ1) is 9.73. The van der Waals surface area contributed by atoms with E-state index in [0.29, 0.717) is 0 Å². The topological polar surface area (TPSA) is 105 Å². The maximum Gasteiger partial charge on any atom is 0.410 e. The molecule has 8 heteroatoms. The molecule has 0 saturated carbocycles. The molecule has 1 atom stereocenters. The number of carboxylic acids is 1. The quantitative estimate of drug-likeness (QED) is 0.819. The number of aliphatic carboxylic acids is 1. The number of alkyl carbamates (subject to hydrolysis) is 1. The summed E-state index contributed by atoms with van der Waals surface area (Å²) >= 11 is 0. The van der Waals surface area contributed by atoms with Crippen molar-refractivity contribution in [3.05, 3.63) is 0 Å². The summed E-state index contributed by atoms with van der Waals surface area (Å²) in [7, 11) is 1.30. The molecule has 0 unspecified atom stereocenters. The second-order valence-electron chi connectivity index (χ2n) is 6.83. The standard InChI is InChI=1S/C14H26N2O6/c1-13(2,3)21-11(19)15-8-9(10(17)18)16(7)12(20)22-14(4,5)6/h9H,8H2,1-7H3,(H,15,19)(H,17,18)/t9-/m1/s1. The predicted octanol–water partition coefficient (Wildman–Crippen LogP) is 1.83. The minimum Gasteiger partial charge on any atom is -0.480 e. The zero-order chi connectivity index (χ0) is 17.7. The van der Waals surface area contributed by atoms with Gasteiger partial charge < -0.3 is 19.9 Å². The molecule has 22 heavy (non-hydrogen) atoms. The van der Waals surface area contributed by atoms with Gasteiger partial charge in [0.15, 0.2) is 0 Å². The fourth-order valence-corrected chi connectivity index (χ4v) is 1.35. The number of nitrogens with one attached hydrogen (secondary N) is 1. The average molecular weight is 318 g/mol. The molecule has 0 spiro atoms. The van der Waals surface area contributed by atoms with Gasteiger partial charge in [0.1, 0.15) is 17.2 Å². The molecule has 2 amide bonds. The van der Waals surface area contributed by atoms with Gasteiger partial charge in [0.2, 0.25) is 0 Å². The van der Waals surface area contributed by atoms with Gasteiger partial charge in [0.05, 0.1) is 6.54 Å². The zero-order valence-electron chi connectivity index (χ0n) is 14.2. The molecule has 0 aromatic carbocycles. The van der Waals surface area contributed by atoms with E-state index in [4.69, 9.17) is 9.47 Å². The summed E-state index contributed by atoms with van der Waals surface area (Å²) < 4.78 is 10.1. The third kappa shape index (κ3) is 8.33. The molecule has 8 nitrogen and oxygen atoms in total. The Morgan fingerprint density at radius 2 is 1.50 bits per heavy atom. The number of carbonyl (C=O) groups excluding carboxylic acids is 2. The summed E-state index contributed by atoms with van der Waals surface area (Å²) in [6.45, 7) is 9.80. The lowest BCUT2D eigenvalue weighted by Gasteiger charge is -2.29. The molecule has 0 aliphatic heterocycles. The lowest BCUT2D eigenvalue weighted by molar-refractivity contribution is -0.142. The molecule has 0 aromatic heterocycles. The molecule has 0 bridgehead atoms. The summed E-state index contributed by atoms with van der Waals surface area (Å²) in [5.41, 5.74) is -1.44.